The number of carboxylic acids is 2. The van der Waals surface area contributed by atoms with E-state index in [9.17, 15) is 39.0 Å². The van der Waals surface area contributed by atoms with E-state index in [1.165, 1.54) is 49.2 Å². The second kappa shape index (κ2) is 14.0. The van der Waals surface area contributed by atoms with Crippen LogP contribution in [0.1, 0.15) is 37.0 Å². The molecule has 1 saturated heterocycles. The number of Topliss-reactive ketones (excluding diaryl/α,β-unsaturated/α-hetero) is 1. The lowest BCUT2D eigenvalue weighted by Crippen LogP contribution is -2.60. The first-order valence-electron chi connectivity index (χ1n) is 14.5. The molecule has 3 aromatic carbocycles. The first-order chi connectivity index (χ1) is 22.3. The van der Waals surface area contributed by atoms with Crippen molar-refractivity contribution >= 4 is 47.5 Å². The van der Waals surface area contributed by atoms with E-state index in [1.807, 2.05) is 0 Å². The van der Waals surface area contributed by atoms with E-state index in [4.69, 9.17) is 11.6 Å². The third-order valence-electron chi connectivity index (χ3n) is 8.04. The number of carbonyl (C=O) groups excluding carboxylic acids is 4. The Morgan fingerprint density at radius 3 is 2.04 bits per heavy atom. The van der Waals surface area contributed by atoms with E-state index in [1.54, 1.807) is 60.7 Å². The molecule has 1 aliphatic heterocycles. The van der Waals surface area contributed by atoms with E-state index < -0.39 is 65.7 Å². The topological polar surface area (TPSA) is 217 Å². The number of rotatable bonds is 13. The molecule has 244 valence electrons. The summed E-state index contributed by atoms with van der Waals surface area (Å²) in [6.07, 6.45) is 0.556. The van der Waals surface area contributed by atoms with E-state index in [0.29, 0.717) is 26.5 Å². The molecule has 0 aromatic heterocycles. The van der Waals surface area contributed by atoms with Gasteiger partial charge in [0, 0.05) is 12.2 Å². The highest BCUT2D eigenvalue weighted by Gasteiger charge is 2.58. The summed E-state index contributed by atoms with van der Waals surface area (Å²) in [6, 6.07) is 16.1. The molecule has 0 spiro atoms. The molecule has 14 heteroatoms. The van der Waals surface area contributed by atoms with Crippen LogP contribution in [-0.2, 0) is 36.1 Å². The number of aliphatic carboxylic acids is 2. The summed E-state index contributed by atoms with van der Waals surface area (Å²) in [7, 11) is 0. The number of nitrogens with two attached hydrogens (primary N) is 2. The number of hydrogen-bond donors (Lipinski definition) is 4. The minimum Gasteiger partial charge on any atom is -0.481 e. The van der Waals surface area contributed by atoms with Gasteiger partial charge in [-0.15, -0.1) is 0 Å². The van der Waals surface area contributed by atoms with Crippen LogP contribution >= 0.6 is 0 Å². The minimum absolute atomic E-state index is 0.0354. The highest BCUT2D eigenvalue weighted by molar-refractivity contribution is 6.18. The van der Waals surface area contributed by atoms with Crippen LogP contribution in [0.4, 0.5) is 10.5 Å². The van der Waals surface area contributed by atoms with E-state index in [-0.39, 0.29) is 12.2 Å². The molecule has 1 heterocycles. The molecule has 3 aromatic rings. The quantitative estimate of drug-likeness (QED) is 0.0698. The Bertz CT molecular complexity index is 1700. The maximum atomic E-state index is 14.3. The van der Waals surface area contributed by atoms with Gasteiger partial charge in [0.15, 0.2) is 11.8 Å². The van der Waals surface area contributed by atoms with Gasteiger partial charge in [0.05, 0.1) is 24.7 Å². The van der Waals surface area contributed by atoms with Crippen LogP contribution in [0.25, 0.3) is 0 Å². The van der Waals surface area contributed by atoms with Gasteiger partial charge in [0.25, 0.3) is 5.91 Å². The maximum absolute atomic E-state index is 14.3. The number of amides is 4. The Morgan fingerprint density at radius 1 is 0.936 bits per heavy atom. The van der Waals surface area contributed by atoms with Crippen molar-refractivity contribution in [2.45, 2.75) is 50.5 Å². The Balaban J connectivity index is 1.79. The van der Waals surface area contributed by atoms with Gasteiger partial charge in [-0.3, -0.25) is 29.0 Å². The molecule has 1 aliphatic rings. The fourth-order valence-electron chi connectivity index (χ4n) is 5.51. The molecule has 0 unspecified atom stereocenters. The predicted molar refractivity (Wildman–Crippen MR) is 170 cm³/mol. The number of urea groups is 1. The number of benzene rings is 3. The van der Waals surface area contributed by atoms with Crippen molar-refractivity contribution in [3.05, 3.63) is 102 Å². The van der Waals surface area contributed by atoms with Crippen LogP contribution in [0, 0.1) is 0 Å². The summed E-state index contributed by atoms with van der Waals surface area (Å²) < 4.78 is 0. The van der Waals surface area contributed by atoms with Crippen LogP contribution in [0.3, 0.4) is 0 Å². The fraction of sp³-hybridized carbons (Fsp3) is 0.242. The van der Waals surface area contributed by atoms with Crippen LogP contribution in [0.15, 0.2) is 90.0 Å². The Labute approximate surface area is 269 Å². The molecule has 4 amide bonds. The smallest absolute Gasteiger partial charge is 0.334 e. The molecule has 4 rings (SSSR count). The van der Waals surface area contributed by atoms with Gasteiger partial charge in [0.2, 0.25) is 5.91 Å². The van der Waals surface area contributed by atoms with Crippen LogP contribution in [-0.4, -0.2) is 79.9 Å². The third kappa shape index (κ3) is 6.72. The van der Waals surface area contributed by atoms with Gasteiger partial charge < -0.3 is 26.7 Å². The number of ketones is 1. The molecule has 0 saturated carbocycles. The molecule has 0 radical (unpaired) electrons. The fourth-order valence-corrected chi connectivity index (χ4v) is 5.51. The van der Waals surface area contributed by atoms with Crippen LogP contribution in [0.2, 0.25) is 0 Å². The number of para-hydroxylation sites is 1. The Morgan fingerprint density at radius 2 is 1.51 bits per heavy atom. The summed E-state index contributed by atoms with van der Waals surface area (Å²) in [5, 5.41) is 23.0. The lowest BCUT2D eigenvalue weighted by atomic mass is 9.89. The molecular weight excluding hydrogens is 608 g/mol. The van der Waals surface area contributed by atoms with E-state index in [0.717, 1.165) is 0 Å². The van der Waals surface area contributed by atoms with Crippen LogP contribution < -0.4 is 16.5 Å². The molecule has 0 aliphatic carbocycles. The zero-order valence-corrected chi connectivity index (χ0v) is 25.6. The lowest BCUT2D eigenvalue weighted by molar-refractivity contribution is -0.147. The monoisotopic (exact) mass is 642 g/mol. The zero-order valence-electron chi connectivity index (χ0n) is 25.6. The molecule has 0 bridgehead atoms. The van der Waals surface area contributed by atoms with E-state index in [2.05, 4.69) is 5.10 Å². The van der Waals surface area contributed by atoms with Crippen molar-refractivity contribution in [3.63, 3.8) is 0 Å². The summed E-state index contributed by atoms with van der Waals surface area (Å²) in [6.45, 7) is 2.69. The van der Waals surface area contributed by atoms with Crippen molar-refractivity contribution < 1.29 is 39.0 Å². The van der Waals surface area contributed by atoms with Crippen LogP contribution in [0.5, 0.6) is 0 Å². The summed E-state index contributed by atoms with van der Waals surface area (Å²) in [5.41, 5.74) is 5.86. The lowest BCUT2D eigenvalue weighted by Gasteiger charge is -2.33. The summed E-state index contributed by atoms with van der Waals surface area (Å²) in [5.74, 6) is -1.07. The first kappa shape index (κ1) is 34.0. The molecular formula is C33H34N6O8. The minimum atomic E-state index is -2.27. The van der Waals surface area contributed by atoms with Gasteiger partial charge in [-0.05, 0) is 42.7 Å². The SMILES string of the molecule is C[C@H](C(=O)[C@@H](C(=O)O)N(C(=O)[C@@H](N)CC(=O)O)c1ccccc1)N1C(=O)N(Cc2ccccc2)[C@](C)(c2ccc(C=NN)cc2)C1=O. The Hall–Kier alpha value is -5.89. The second-order valence-corrected chi connectivity index (χ2v) is 11.1. The van der Waals surface area contributed by atoms with Gasteiger partial charge in [-0.2, -0.15) is 5.10 Å². The average molecular weight is 643 g/mol. The third-order valence-corrected chi connectivity index (χ3v) is 8.04. The Kier molecular flexibility index (Phi) is 10.2. The standard InChI is InChI=1S/C33H34N6O8/c1-20(28(42)27(30(44)45)39(24-11-7-4-8-12-24)29(43)25(34)17-26(40)41)38-31(46)33(2,23-15-13-21(14-16-23)18-36-35)37(32(38)47)19-22-9-5-3-6-10-22/h3-16,18,20,25,27H,17,19,34-35H2,1-2H3,(H,40,41)(H,44,45)/t20-,25+,27+,33-/m1/s1. The van der Waals surface area contributed by atoms with Crippen molar-refractivity contribution in [1.82, 2.24) is 9.80 Å². The number of carboxylic acid groups (broad SMARTS) is 2. The highest BCUT2D eigenvalue weighted by Crippen LogP contribution is 2.40. The number of anilines is 1. The highest BCUT2D eigenvalue weighted by atomic mass is 16.4. The van der Waals surface area contributed by atoms with Gasteiger partial charge in [-0.1, -0.05) is 72.8 Å². The number of hydrogen-bond acceptors (Lipinski definition) is 9. The molecule has 47 heavy (non-hydrogen) atoms. The molecule has 4 atom stereocenters. The van der Waals surface area contributed by atoms with Gasteiger partial charge in [0.1, 0.15) is 5.54 Å². The number of hydrazone groups is 1. The molecule has 14 nitrogen and oxygen atoms in total. The number of carbonyl (C=O) groups is 6. The van der Waals surface area contributed by atoms with Crippen molar-refractivity contribution in [2.75, 3.05) is 4.90 Å². The molecule has 6 N–H and O–H groups in total. The zero-order chi connectivity index (χ0) is 34.5. The largest absolute Gasteiger partial charge is 0.481 e. The maximum Gasteiger partial charge on any atom is 0.334 e. The predicted octanol–water partition coefficient (Wildman–Crippen LogP) is 1.90. The van der Waals surface area contributed by atoms with E-state index >= 15 is 0 Å². The summed E-state index contributed by atoms with van der Waals surface area (Å²) >= 11 is 0. The van der Waals surface area contributed by atoms with Crippen molar-refractivity contribution in [3.8, 4) is 0 Å². The number of nitrogens with zero attached hydrogens (tertiary/aromatic N) is 4. The second-order valence-electron chi connectivity index (χ2n) is 11.1. The average Bonchev–Trinajstić information content (AvgIpc) is 3.24. The first-order valence-corrected chi connectivity index (χ1v) is 14.5. The molecule has 1 fully saturated rings. The van der Waals surface area contributed by atoms with Gasteiger partial charge in [-0.25, -0.2) is 9.59 Å². The van der Waals surface area contributed by atoms with Crippen molar-refractivity contribution in [1.29, 1.82) is 0 Å². The van der Waals surface area contributed by atoms with Gasteiger partial charge >= 0.3 is 18.0 Å². The van der Waals surface area contributed by atoms with Crippen molar-refractivity contribution in [2.24, 2.45) is 16.7 Å². The number of imide groups is 1. The summed E-state index contributed by atoms with van der Waals surface area (Å²) in [4.78, 5) is 82.7. The normalized spacial score (nSPS) is 18.2.